The summed E-state index contributed by atoms with van der Waals surface area (Å²) in [4.78, 5) is 5.03. The summed E-state index contributed by atoms with van der Waals surface area (Å²) in [5, 5.41) is 0. The fourth-order valence-electron chi connectivity index (χ4n) is 3.85. The maximum absolute atomic E-state index is 6.74. The molecule has 2 aliphatic rings. The maximum Gasteiger partial charge on any atom is 0.112 e. The minimum absolute atomic E-state index is 0.211. The highest BCUT2D eigenvalue weighted by Gasteiger charge is 2.31. The molecule has 0 spiro atoms. The number of ether oxygens (including phenoxy) is 3. The minimum atomic E-state index is 0.211. The zero-order valence-corrected chi connectivity index (χ0v) is 16.9. The molecule has 5 nitrogen and oxygen atoms in total. The minimum Gasteiger partial charge on any atom is -0.376 e. The predicted octanol–water partition coefficient (Wildman–Crippen LogP) is 3.48. The Hall–Kier alpha value is -0.200. The van der Waals surface area contributed by atoms with Gasteiger partial charge in [0.05, 0.1) is 25.4 Å². The van der Waals surface area contributed by atoms with Crippen LogP contribution in [0.1, 0.15) is 66.2 Å². The number of hydrogen-bond donors (Lipinski definition) is 0. The molecule has 2 saturated heterocycles. The van der Waals surface area contributed by atoms with E-state index in [-0.39, 0.29) is 12.5 Å². The van der Waals surface area contributed by atoms with Gasteiger partial charge in [-0.2, -0.15) is 0 Å². The van der Waals surface area contributed by atoms with Crippen molar-refractivity contribution in [2.45, 2.75) is 90.9 Å². The molecule has 0 radical (unpaired) electrons. The van der Waals surface area contributed by atoms with Crippen molar-refractivity contribution in [2.24, 2.45) is 0 Å². The molecule has 25 heavy (non-hydrogen) atoms. The zero-order chi connectivity index (χ0) is 18.1. The Labute approximate surface area is 155 Å². The summed E-state index contributed by atoms with van der Waals surface area (Å²) in [7, 11) is 0. The summed E-state index contributed by atoms with van der Waals surface area (Å²) in [6.07, 6.45) is 7.78. The first-order valence-corrected chi connectivity index (χ1v) is 10.6. The second kappa shape index (κ2) is 11.5. The van der Waals surface area contributed by atoms with Crippen LogP contribution in [0.5, 0.6) is 0 Å². The molecule has 5 heteroatoms. The lowest BCUT2D eigenvalue weighted by molar-refractivity contribution is -0.197. The van der Waals surface area contributed by atoms with E-state index in [1.54, 1.807) is 0 Å². The third kappa shape index (κ3) is 6.47. The smallest absolute Gasteiger partial charge is 0.112 e. The monoisotopic (exact) mass is 356 g/mol. The van der Waals surface area contributed by atoms with Gasteiger partial charge in [-0.05, 0) is 25.7 Å². The fourth-order valence-corrected chi connectivity index (χ4v) is 3.85. The van der Waals surface area contributed by atoms with Gasteiger partial charge in [-0.1, -0.05) is 40.5 Å². The van der Waals surface area contributed by atoms with Crippen molar-refractivity contribution >= 4 is 0 Å². The zero-order valence-electron chi connectivity index (χ0n) is 16.9. The Balaban J connectivity index is 1.99. The highest BCUT2D eigenvalue weighted by atomic mass is 16.5. The van der Waals surface area contributed by atoms with E-state index in [9.17, 15) is 0 Å². The lowest BCUT2D eigenvalue weighted by Crippen LogP contribution is -2.54. The van der Waals surface area contributed by atoms with E-state index >= 15 is 0 Å². The summed E-state index contributed by atoms with van der Waals surface area (Å²) in [5.74, 6) is 0. The fraction of sp³-hybridized carbons (Fsp3) is 1.00. The molecule has 0 bridgehead atoms. The van der Waals surface area contributed by atoms with Crippen LogP contribution in [0, 0.1) is 0 Å². The molecule has 4 atom stereocenters. The molecule has 0 amide bonds. The largest absolute Gasteiger partial charge is 0.376 e. The highest BCUT2D eigenvalue weighted by molar-refractivity contribution is 4.77. The van der Waals surface area contributed by atoms with E-state index in [0.29, 0.717) is 12.2 Å². The molecule has 4 unspecified atom stereocenters. The molecule has 0 N–H and O–H groups in total. The molecule has 2 aliphatic heterocycles. The highest BCUT2D eigenvalue weighted by Crippen LogP contribution is 2.22. The van der Waals surface area contributed by atoms with E-state index in [0.717, 1.165) is 77.9 Å². The van der Waals surface area contributed by atoms with Crippen molar-refractivity contribution in [3.63, 3.8) is 0 Å². The molecule has 0 aromatic carbocycles. The van der Waals surface area contributed by atoms with Gasteiger partial charge in [-0.25, -0.2) is 0 Å². The lowest BCUT2D eigenvalue weighted by Gasteiger charge is -2.43. The third-order valence-corrected chi connectivity index (χ3v) is 5.45. The Morgan fingerprint density at radius 3 is 1.60 bits per heavy atom. The lowest BCUT2D eigenvalue weighted by atomic mass is 10.1. The van der Waals surface area contributed by atoms with Gasteiger partial charge in [0.2, 0.25) is 0 Å². The quantitative estimate of drug-likeness (QED) is 0.599. The third-order valence-electron chi connectivity index (χ3n) is 5.45. The van der Waals surface area contributed by atoms with Gasteiger partial charge < -0.3 is 14.2 Å². The van der Waals surface area contributed by atoms with Gasteiger partial charge in [0.1, 0.15) is 12.5 Å². The first-order valence-electron chi connectivity index (χ1n) is 10.6. The summed E-state index contributed by atoms with van der Waals surface area (Å²) >= 11 is 0. The second-order valence-electron chi connectivity index (χ2n) is 7.41. The Morgan fingerprint density at radius 1 is 0.800 bits per heavy atom. The van der Waals surface area contributed by atoms with Crippen molar-refractivity contribution in [2.75, 3.05) is 39.4 Å². The average molecular weight is 357 g/mol. The Bertz CT molecular complexity index is 324. The first-order chi connectivity index (χ1) is 12.2. The second-order valence-corrected chi connectivity index (χ2v) is 7.41. The molecular formula is C20H40N2O3. The first kappa shape index (κ1) is 21.1. The SMILES string of the molecule is CCCC(OC(CCC)N1CCOC(CC)C1)N1CCOC(CC)C1. The molecule has 2 fully saturated rings. The molecule has 0 aromatic rings. The van der Waals surface area contributed by atoms with Crippen LogP contribution in [0.4, 0.5) is 0 Å². The van der Waals surface area contributed by atoms with E-state index in [1.165, 1.54) is 0 Å². The number of morpholine rings is 2. The van der Waals surface area contributed by atoms with E-state index in [2.05, 4.69) is 37.5 Å². The van der Waals surface area contributed by atoms with Crippen LogP contribution < -0.4 is 0 Å². The topological polar surface area (TPSA) is 34.2 Å². The molecule has 0 saturated carbocycles. The van der Waals surface area contributed by atoms with Crippen LogP contribution >= 0.6 is 0 Å². The molecular weight excluding hydrogens is 316 g/mol. The van der Waals surface area contributed by atoms with Crippen LogP contribution in [0.2, 0.25) is 0 Å². The molecule has 0 aromatic heterocycles. The van der Waals surface area contributed by atoms with Crippen molar-refractivity contribution < 1.29 is 14.2 Å². The van der Waals surface area contributed by atoms with Gasteiger partial charge in [0.25, 0.3) is 0 Å². The molecule has 2 rings (SSSR count). The van der Waals surface area contributed by atoms with E-state index < -0.39 is 0 Å². The predicted molar refractivity (Wildman–Crippen MR) is 102 cm³/mol. The van der Waals surface area contributed by atoms with Crippen LogP contribution in [0.3, 0.4) is 0 Å². The van der Waals surface area contributed by atoms with Crippen molar-refractivity contribution in [3.05, 3.63) is 0 Å². The van der Waals surface area contributed by atoms with E-state index in [1.807, 2.05) is 0 Å². The number of hydrogen-bond acceptors (Lipinski definition) is 5. The molecule has 0 aliphatic carbocycles. The summed E-state index contributed by atoms with van der Waals surface area (Å²) < 4.78 is 18.5. The standard InChI is InChI=1S/C20H40N2O3/c1-5-9-19(21-11-13-23-17(7-3)15-21)25-20(10-6-2)22-12-14-24-18(8-4)16-22/h17-20H,5-16H2,1-4H3. The summed E-state index contributed by atoms with van der Waals surface area (Å²) in [6.45, 7) is 14.6. The van der Waals surface area contributed by atoms with E-state index in [4.69, 9.17) is 14.2 Å². The Kier molecular flexibility index (Phi) is 9.71. The molecule has 148 valence electrons. The van der Waals surface area contributed by atoms with Crippen LogP contribution in [0.15, 0.2) is 0 Å². The van der Waals surface area contributed by atoms with Crippen molar-refractivity contribution in [1.82, 2.24) is 9.80 Å². The van der Waals surface area contributed by atoms with Gasteiger partial charge in [0.15, 0.2) is 0 Å². The maximum atomic E-state index is 6.74. The van der Waals surface area contributed by atoms with Crippen LogP contribution in [-0.4, -0.2) is 73.9 Å². The van der Waals surface area contributed by atoms with Gasteiger partial charge in [0, 0.05) is 26.2 Å². The van der Waals surface area contributed by atoms with Gasteiger partial charge >= 0.3 is 0 Å². The summed E-state index contributed by atoms with van der Waals surface area (Å²) in [6, 6.07) is 0. The number of rotatable bonds is 10. The van der Waals surface area contributed by atoms with Crippen molar-refractivity contribution in [1.29, 1.82) is 0 Å². The molecule has 2 heterocycles. The van der Waals surface area contributed by atoms with Crippen LogP contribution in [0.25, 0.3) is 0 Å². The van der Waals surface area contributed by atoms with Gasteiger partial charge in [-0.3, -0.25) is 9.80 Å². The van der Waals surface area contributed by atoms with Crippen LogP contribution in [-0.2, 0) is 14.2 Å². The summed E-state index contributed by atoms with van der Waals surface area (Å²) in [5.41, 5.74) is 0. The normalized spacial score (nSPS) is 28.8. The van der Waals surface area contributed by atoms with Gasteiger partial charge in [-0.15, -0.1) is 0 Å². The Morgan fingerprint density at radius 2 is 1.24 bits per heavy atom. The van der Waals surface area contributed by atoms with Crippen molar-refractivity contribution in [3.8, 4) is 0 Å². The number of nitrogens with zero attached hydrogens (tertiary/aromatic N) is 2. The average Bonchev–Trinajstić information content (AvgIpc) is 2.67.